The summed E-state index contributed by atoms with van der Waals surface area (Å²) in [6, 6.07) is 6.74. The van der Waals surface area contributed by atoms with Gasteiger partial charge in [0.05, 0.1) is 17.0 Å². The second-order valence-corrected chi connectivity index (χ2v) is 9.62. The SMILES string of the molecule is CCc1cc(-c2nc(-c3cc(C(=O)N4CCCC4)c(C)n3C3CCCC3)cs2)ccn1. The Balaban J connectivity index is 1.55. The van der Waals surface area contributed by atoms with Crippen molar-refractivity contribution in [3.8, 4) is 22.0 Å². The van der Waals surface area contributed by atoms with E-state index in [1.165, 1.54) is 25.7 Å². The second-order valence-electron chi connectivity index (χ2n) is 8.76. The predicted octanol–water partition coefficient (Wildman–Crippen LogP) is 5.90. The fourth-order valence-corrected chi connectivity index (χ4v) is 5.90. The number of aromatic nitrogens is 3. The molecule has 6 heteroatoms. The lowest BCUT2D eigenvalue weighted by molar-refractivity contribution is 0.0792. The van der Waals surface area contributed by atoms with Crippen LogP contribution in [0.3, 0.4) is 0 Å². The van der Waals surface area contributed by atoms with Crippen LogP contribution in [0.2, 0.25) is 0 Å². The van der Waals surface area contributed by atoms with Crippen LogP contribution in [-0.4, -0.2) is 38.4 Å². The van der Waals surface area contributed by atoms with Gasteiger partial charge in [0.1, 0.15) is 5.01 Å². The van der Waals surface area contributed by atoms with E-state index in [2.05, 4.69) is 40.9 Å². The molecule has 3 aromatic heterocycles. The predicted molar refractivity (Wildman–Crippen MR) is 126 cm³/mol. The highest BCUT2D eigenvalue weighted by Gasteiger charge is 2.29. The summed E-state index contributed by atoms with van der Waals surface area (Å²) < 4.78 is 2.42. The fourth-order valence-electron chi connectivity index (χ4n) is 5.09. The van der Waals surface area contributed by atoms with E-state index >= 15 is 0 Å². The standard InChI is InChI=1S/C25H30N4OS/c1-3-19-14-18(10-11-26-19)24-27-22(16-31-24)23-15-21(25(30)28-12-6-7-13-28)17(2)29(23)20-8-4-5-9-20/h10-11,14-16,20H,3-9,12-13H2,1-2H3. The van der Waals surface area contributed by atoms with Gasteiger partial charge >= 0.3 is 0 Å². The molecule has 5 rings (SSSR count). The Labute approximate surface area is 188 Å². The van der Waals surface area contributed by atoms with Gasteiger partial charge in [-0.05, 0) is 57.2 Å². The van der Waals surface area contributed by atoms with Crippen LogP contribution >= 0.6 is 11.3 Å². The van der Waals surface area contributed by atoms with E-state index in [0.717, 1.165) is 71.3 Å². The van der Waals surface area contributed by atoms with Crippen molar-refractivity contribution < 1.29 is 4.79 Å². The number of aryl methyl sites for hydroxylation is 1. The Morgan fingerprint density at radius 3 is 2.68 bits per heavy atom. The van der Waals surface area contributed by atoms with Gasteiger partial charge in [-0.15, -0.1) is 11.3 Å². The zero-order chi connectivity index (χ0) is 21.4. The molecule has 1 aliphatic carbocycles. The van der Waals surface area contributed by atoms with Gasteiger partial charge in [0.15, 0.2) is 0 Å². The highest BCUT2D eigenvalue weighted by atomic mass is 32.1. The summed E-state index contributed by atoms with van der Waals surface area (Å²) in [5.74, 6) is 0.185. The number of hydrogen-bond donors (Lipinski definition) is 0. The molecule has 0 unspecified atom stereocenters. The molecule has 0 radical (unpaired) electrons. The molecule has 162 valence electrons. The van der Waals surface area contributed by atoms with E-state index in [1.807, 2.05) is 17.2 Å². The van der Waals surface area contributed by atoms with Gasteiger partial charge in [0.25, 0.3) is 5.91 Å². The highest BCUT2D eigenvalue weighted by Crippen LogP contribution is 2.39. The lowest BCUT2D eigenvalue weighted by Gasteiger charge is -2.19. The zero-order valence-electron chi connectivity index (χ0n) is 18.4. The van der Waals surface area contributed by atoms with Gasteiger partial charge in [-0.1, -0.05) is 19.8 Å². The Morgan fingerprint density at radius 2 is 1.94 bits per heavy atom. The van der Waals surface area contributed by atoms with Gasteiger partial charge in [0.2, 0.25) is 0 Å². The number of nitrogens with zero attached hydrogens (tertiary/aromatic N) is 4. The molecule has 0 spiro atoms. The van der Waals surface area contributed by atoms with Crippen LogP contribution in [0.4, 0.5) is 0 Å². The maximum absolute atomic E-state index is 13.3. The number of hydrogen-bond acceptors (Lipinski definition) is 4. The van der Waals surface area contributed by atoms with Crippen molar-refractivity contribution in [3.05, 3.63) is 46.7 Å². The first-order valence-corrected chi connectivity index (χ1v) is 12.5. The van der Waals surface area contributed by atoms with Crippen molar-refractivity contribution in [3.63, 3.8) is 0 Å². The first kappa shape index (κ1) is 20.4. The molecule has 2 aliphatic rings. The molecule has 3 aromatic rings. The van der Waals surface area contributed by atoms with E-state index in [4.69, 9.17) is 4.98 Å². The molecule has 0 bridgehead atoms. The first-order chi connectivity index (χ1) is 15.2. The third kappa shape index (κ3) is 3.82. The number of likely N-dealkylation sites (tertiary alicyclic amines) is 1. The summed E-state index contributed by atoms with van der Waals surface area (Å²) in [5.41, 5.74) is 6.23. The third-order valence-electron chi connectivity index (χ3n) is 6.80. The summed E-state index contributed by atoms with van der Waals surface area (Å²) in [6.07, 6.45) is 9.89. The fraction of sp³-hybridized carbons (Fsp3) is 0.480. The highest BCUT2D eigenvalue weighted by molar-refractivity contribution is 7.13. The third-order valence-corrected chi connectivity index (χ3v) is 7.69. The number of carbonyl (C=O) groups excluding carboxylic acids is 1. The quantitative estimate of drug-likeness (QED) is 0.503. The summed E-state index contributed by atoms with van der Waals surface area (Å²) in [4.78, 5) is 24.7. The maximum Gasteiger partial charge on any atom is 0.255 e. The van der Waals surface area contributed by atoms with E-state index < -0.39 is 0 Å². The summed E-state index contributed by atoms with van der Waals surface area (Å²) in [6.45, 7) is 6.00. The molecule has 31 heavy (non-hydrogen) atoms. The molecule has 1 aliphatic heterocycles. The van der Waals surface area contributed by atoms with Gasteiger partial charge in [0, 0.05) is 47.7 Å². The number of carbonyl (C=O) groups is 1. The van der Waals surface area contributed by atoms with Crippen LogP contribution in [0.1, 0.15) is 73.2 Å². The van der Waals surface area contributed by atoms with E-state index in [9.17, 15) is 4.79 Å². The van der Waals surface area contributed by atoms with Crippen LogP contribution in [0.25, 0.3) is 22.0 Å². The van der Waals surface area contributed by atoms with Crippen molar-refractivity contribution in [2.75, 3.05) is 13.1 Å². The number of amides is 1. The van der Waals surface area contributed by atoms with Crippen molar-refractivity contribution in [1.29, 1.82) is 0 Å². The molecule has 2 fully saturated rings. The van der Waals surface area contributed by atoms with Crippen molar-refractivity contribution >= 4 is 17.2 Å². The summed E-state index contributed by atoms with van der Waals surface area (Å²) in [7, 11) is 0. The van der Waals surface area contributed by atoms with Gasteiger partial charge in [-0.25, -0.2) is 4.98 Å². The zero-order valence-corrected chi connectivity index (χ0v) is 19.2. The van der Waals surface area contributed by atoms with Gasteiger partial charge < -0.3 is 9.47 Å². The smallest absolute Gasteiger partial charge is 0.255 e. The van der Waals surface area contributed by atoms with E-state index in [0.29, 0.717) is 6.04 Å². The first-order valence-electron chi connectivity index (χ1n) is 11.6. The molecule has 0 atom stereocenters. The minimum Gasteiger partial charge on any atom is -0.340 e. The van der Waals surface area contributed by atoms with Crippen LogP contribution in [-0.2, 0) is 6.42 Å². The van der Waals surface area contributed by atoms with Crippen molar-refractivity contribution in [2.24, 2.45) is 0 Å². The molecule has 0 N–H and O–H groups in total. The average Bonchev–Trinajstić information content (AvgIpc) is 3.60. The molecule has 1 saturated heterocycles. The monoisotopic (exact) mass is 434 g/mol. The topological polar surface area (TPSA) is 51.0 Å². The lowest BCUT2D eigenvalue weighted by Crippen LogP contribution is -2.28. The average molecular weight is 435 g/mol. The Bertz CT molecular complexity index is 1090. The number of thiazole rings is 1. The summed E-state index contributed by atoms with van der Waals surface area (Å²) in [5, 5.41) is 3.16. The van der Waals surface area contributed by atoms with Crippen LogP contribution in [0, 0.1) is 6.92 Å². The molecular formula is C25H30N4OS. The number of pyridine rings is 1. The molecule has 1 amide bonds. The minimum absolute atomic E-state index is 0.185. The van der Waals surface area contributed by atoms with E-state index in [-0.39, 0.29) is 5.91 Å². The van der Waals surface area contributed by atoms with Gasteiger partial charge in [-0.3, -0.25) is 9.78 Å². The Morgan fingerprint density at radius 1 is 1.16 bits per heavy atom. The number of rotatable bonds is 5. The Hall–Kier alpha value is -2.47. The van der Waals surface area contributed by atoms with Crippen LogP contribution in [0.5, 0.6) is 0 Å². The molecule has 1 saturated carbocycles. The largest absolute Gasteiger partial charge is 0.340 e. The van der Waals surface area contributed by atoms with Crippen molar-refractivity contribution in [2.45, 2.75) is 64.8 Å². The minimum atomic E-state index is 0.185. The van der Waals surface area contributed by atoms with E-state index in [1.54, 1.807) is 11.3 Å². The van der Waals surface area contributed by atoms with Gasteiger partial charge in [-0.2, -0.15) is 0 Å². The maximum atomic E-state index is 13.3. The molecular weight excluding hydrogens is 404 g/mol. The Kier molecular flexibility index (Phi) is 5.65. The lowest BCUT2D eigenvalue weighted by atomic mass is 10.2. The normalized spacial score (nSPS) is 17.0. The molecule has 4 heterocycles. The van der Waals surface area contributed by atoms with Crippen LogP contribution in [0.15, 0.2) is 29.8 Å². The second kappa shape index (κ2) is 8.58. The molecule has 0 aromatic carbocycles. The van der Waals surface area contributed by atoms with Crippen LogP contribution < -0.4 is 0 Å². The summed E-state index contributed by atoms with van der Waals surface area (Å²) >= 11 is 1.67. The van der Waals surface area contributed by atoms with Crippen molar-refractivity contribution in [1.82, 2.24) is 19.4 Å². The molecule has 5 nitrogen and oxygen atoms in total.